The van der Waals surface area contributed by atoms with Crippen LogP contribution in [-0.2, 0) is 6.42 Å². The number of amides is 1. The van der Waals surface area contributed by atoms with Gasteiger partial charge in [-0.15, -0.1) is 0 Å². The summed E-state index contributed by atoms with van der Waals surface area (Å²) >= 11 is 0. The van der Waals surface area contributed by atoms with E-state index in [4.69, 9.17) is 0 Å². The molecule has 0 bridgehead atoms. The zero-order valence-electron chi connectivity index (χ0n) is 10.5. The monoisotopic (exact) mass is 279 g/mol. The van der Waals surface area contributed by atoms with Crippen molar-refractivity contribution in [2.75, 3.05) is 6.54 Å². The molecule has 2 aromatic rings. The van der Waals surface area contributed by atoms with Crippen LogP contribution in [0.2, 0.25) is 0 Å². The lowest BCUT2D eigenvalue weighted by molar-refractivity contribution is 0.0954. The summed E-state index contributed by atoms with van der Waals surface area (Å²) in [4.78, 5) is 11.7. The summed E-state index contributed by atoms with van der Waals surface area (Å²) in [6.45, 7) is 0.135. The van der Waals surface area contributed by atoms with E-state index in [1.165, 1.54) is 6.07 Å². The van der Waals surface area contributed by atoms with Crippen molar-refractivity contribution in [3.05, 3.63) is 71.0 Å². The molecule has 0 spiro atoms. The second kappa shape index (κ2) is 6.23. The third-order valence-electron chi connectivity index (χ3n) is 2.83. The van der Waals surface area contributed by atoms with Crippen molar-refractivity contribution in [3.8, 4) is 0 Å². The number of hydrogen-bond donors (Lipinski definition) is 1. The Morgan fingerprint density at radius 3 is 2.35 bits per heavy atom. The predicted molar refractivity (Wildman–Crippen MR) is 68.8 cm³/mol. The van der Waals surface area contributed by atoms with Crippen molar-refractivity contribution >= 4 is 5.91 Å². The van der Waals surface area contributed by atoms with E-state index in [1.807, 2.05) is 0 Å². The molecule has 0 heterocycles. The van der Waals surface area contributed by atoms with Crippen LogP contribution in [0.15, 0.2) is 42.5 Å². The Labute approximate surface area is 114 Å². The highest BCUT2D eigenvalue weighted by molar-refractivity contribution is 5.94. The summed E-state index contributed by atoms with van der Waals surface area (Å²) in [5.41, 5.74) is 0.510. The summed E-state index contributed by atoms with van der Waals surface area (Å²) in [5.74, 6) is -4.22. The van der Waals surface area contributed by atoms with E-state index >= 15 is 0 Å². The molecule has 104 valence electrons. The molecule has 0 saturated heterocycles. The van der Waals surface area contributed by atoms with Gasteiger partial charge in [-0.1, -0.05) is 24.3 Å². The maximum atomic E-state index is 13.4. The Balaban J connectivity index is 1.94. The van der Waals surface area contributed by atoms with Gasteiger partial charge < -0.3 is 5.32 Å². The number of nitrogens with one attached hydrogen (secondary N) is 1. The fraction of sp³-hybridized carbons (Fsp3) is 0.133. The molecule has 0 aliphatic heterocycles. The molecule has 20 heavy (non-hydrogen) atoms. The second-order valence-corrected chi connectivity index (χ2v) is 4.21. The van der Waals surface area contributed by atoms with Crippen LogP contribution in [0.5, 0.6) is 0 Å². The lowest BCUT2D eigenvalue weighted by Gasteiger charge is -2.07. The van der Waals surface area contributed by atoms with E-state index in [1.54, 1.807) is 30.3 Å². The number of carbonyl (C=O) groups excluding carboxylic acids is 1. The van der Waals surface area contributed by atoms with Crippen molar-refractivity contribution in [1.82, 2.24) is 5.32 Å². The Kier molecular flexibility index (Phi) is 4.40. The van der Waals surface area contributed by atoms with Gasteiger partial charge in [0.05, 0.1) is 0 Å². The number of carbonyl (C=O) groups is 1. The van der Waals surface area contributed by atoms with Gasteiger partial charge in [0.1, 0.15) is 0 Å². The quantitative estimate of drug-likeness (QED) is 0.856. The summed E-state index contributed by atoms with van der Waals surface area (Å²) in [6.07, 6.45) is 0.0849. The Hall–Kier alpha value is -2.30. The van der Waals surface area contributed by atoms with E-state index in [9.17, 15) is 18.0 Å². The fourth-order valence-electron chi connectivity index (χ4n) is 1.76. The molecule has 0 fully saturated rings. The zero-order chi connectivity index (χ0) is 14.5. The topological polar surface area (TPSA) is 29.1 Å². The van der Waals surface area contributed by atoms with Crippen molar-refractivity contribution < 1.29 is 18.0 Å². The first-order valence-corrected chi connectivity index (χ1v) is 6.05. The molecular formula is C15H12F3NO. The summed E-state index contributed by atoms with van der Waals surface area (Å²) in [7, 11) is 0. The van der Waals surface area contributed by atoms with Gasteiger partial charge in [-0.3, -0.25) is 4.79 Å². The molecule has 0 atom stereocenters. The van der Waals surface area contributed by atoms with Crippen molar-refractivity contribution in [2.45, 2.75) is 6.42 Å². The maximum Gasteiger partial charge on any atom is 0.251 e. The zero-order valence-corrected chi connectivity index (χ0v) is 10.5. The van der Waals surface area contributed by atoms with E-state index in [0.717, 1.165) is 6.07 Å². The molecule has 1 N–H and O–H groups in total. The molecule has 2 nitrogen and oxygen atoms in total. The maximum absolute atomic E-state index is 13.4. The van der Waals surface area contributed by atoms with Crippen LogP contribution in [0.1, 0.15) is 15.9 Å². The van der Waals surface area contributed by atoms with Gasteiger partial charge in [0.2, 0.25) is 0 Å². The number of hydrogen-bond acceptors (Lipinski definition) is 1. The SMILES string of the molecule is O=C(NCCc1ccc(F)c(F)c1F)c1ccccc1. The molecule has 2 aromatic carbocycles. The lowest BCUT2D eigenvalue weighted by Crippen LogP contribution is -2.25. The molecule has 5 heteroatoms. The summed E-state index contributed by atoms with van der Waals surface area (Å²) in [6, 6.07) is 10.6. The minimum atomic E-state index is -1.49. The van der Waals surface area contributed by atoms with Gasteiger partial charge in [-0.2, -0.15) is 0 Å². The van der Waals surface area contributed by atoms with Crippen LogP contribution in [0.25, 0.3) is 0 Å². The number of benzene rings is 2. The highest BCUT2D eigenvalue weighted by Crippen LogP contribution is 2.15. The largest absolute Gasteiger partial charge is 0.352 e. The number of halogens is 3. The molecule has 0 aliphatic carbocycles. The first-order chi connectivity index (χ1) is 9.59. The van der Waals surface area contributed by atoms with Gasteiger partial charge in [-0.25, -0.2) is 13.2 Å². The van der Waals surface area contributed by atoms with Crippen LogP contribution in [0.3, 0.4) is 0 Å². The fourth-order valence-corrected chi connectivity index (χ4v) is 1.76. The molecule has 0 radical (unpaired) electrons. The second-order valence-electron chi connectivity index (χ2n) is 4.21. The average molecular weight is 279 g/mol. The standard InChI is InChI=1S/C15H12F3NO/c16-12-7-6-10(13(17)14(12)18)8-9-19-15(20)11-4-2-1-3-5-11/h1-7H,8-9H2,(H,19,20). The Morgan fingerprint density at radius 1 is 0.950 bits per heavy atom. The Morgan fingerprint density at radius 2 is 1.65 bits per heavy atom. The highest BCUT2D eigenvalue weighted by atomic mass is 19.2. The molecule has 0 unspecified atom stereocenters. The van der Waals surface area contributed by atoms with E-state index < -0.39 is 17.5 Å². The first kappa shape index (κ1) is 14.1. The summed E-state index contributed by atoms with van der Waals surface area (Å²) in [5, 5.41) is 2.59. The molecule has 1 amide bonds. The van der Waals surface area contributed by atoms with Gasteiger partial charge in [-0.05, 0) is 30.2 Å². The van der Waals surface area contributed by atoms with E-state index in [0.29, 0.717) is 5.56 Å². The smallest absolute Gasteiger partial charge is 0.251 e. The van der Waals surface area contributed by atoms with E-state index in [2.05, 4.69) is 5.32 Å². The first-order valence-electron chi connectivity index (χ1n) is 6.05. The predicted octanol–water partition coefficient (Wildman–Crippen LogP) is 3.08. The van der Waals surface area contributed by atoms with Gasteiger partial charge in [0, 0.05) is 12.1 Å². The molecule has 0 saturated carbocycles. The molecule has 2 rings (SSSR count). The molecule has 0 aliphatic rings. The van der Waals surface area contributed by atoms with Gasteiger partial charge in [0.15, 0.2) is 17.5 Å². The van der Waals surface area contributed by atoms with Gasteiger partial charge in [0.25, 0.3) is 5.91 Å². The highest BCUT2D eigenvalue weighted by Gasteiger charge is 2.13. The van der Waals surface area contributed by atoms with Crippen LogP contribution in [0, 0.1) is 17.5 Å². The Bertz CT molecular complexity index is 614. The molecular weight excluding hydrogens is 267 g/mol. The van der Waals surface area contributed by atoms with Gasteiger partial charge >= 0.3 is 0 Å². The minimum absolute atomic E-state index is 0.0252. The normalized spacial score (nSPS) is 10.3. The van der Waals surface area contributed by atoms with Crippen molar-refractivity contribution in [1.29, 1.82) is 0 Å². The third-order valence-corrected chi connectivity index (χ3v) is 2.83. The van der Waals surface area contributed by atoms with Crippen molar-refractivity contribution in [3.63, 3.8) is 0 Å². The summed E-state index contributed by atoms with van der Waals surface area (Å²) < 4.78 is 39.1. The van der Waals surface area contributed by atoms with Crippen LogP contribution < -0.4 is 5.32 Å². The van der Waals surface area contributed by atoms with Crippen molar-refractivity contribution in [2.24, 2.45) is 0 Å². The third kappa shape index (κ3) is 3.17. The average Bonchev–Trinajstić information content (AvgIpc) is 2.48. The minimum Gasteiger partial charge on any atom is -0.352 e. The lowest BCUT2D eigenvalue weighted by atomic mass is 10.1. The van der Waals surface area contributed by atoms with E-state index in [-0.39, 0.29) is 24.4 Å². The van der Waals surface area contributed by atoms with Crippen LogP contribution >= 0.6 is 0 Å². The number of rotatable bonds is 4. The van der Waals surface area contributed by atoms with Crippen LogP contribution in [-0.4, -0.2) is 12.5 Å². The van der Waals surface area contributed by atoms with Crippen LogP contribution in [0.4, 0.5) is 13.2 Å². The molecule has 0 aromatic heterocycles.